The molecule has 1 atom stereocenters. The smallest absolute Gasteiger partial charge is 0.182 e. The van der Waals surface area contributed by atoms with E-state index in [1.54, 1.807) is 0 Å². The second-order valence-corrected chi connectivity index (χ2v) is 6.59. The first-order valence-electron chi connectivity index (χ1n) is 8.67. The first kappa shape index (κ1) is 18.9. The Morgan fingerprint density at radius 2 is 1.88 bits per heavy atom. The number of rotatable bonds is 8. The predicted molar refractivity (Wildman–Crippen MR) is 93.8 cm³/mol. The van der Waals surface area contributed by atoms with Gasteiger partial charge in [0.15, 0.2) is 5.78 Å². The molecule has 0 spiro atoms. The van der Waals surface area contributed by atoms with Gasteiger partial charge in [-0.05, 0) is 52.0 Å². The van der Waals surface area contributed by atoms with Gasteiger partial charge in [-0.3, -0.25) is 9.69 Å². The summed E-state index contributed by atoms with van der Waals surface area (Å²) in [4.78, 5) is 15.1. The van der Waals surface area contributed by atoms with Crippen molar-refractivity contribution in [3.05, 3.63) is 29.8 Å². The molecule has 0 aliphatic carbocycles. The first-order valence-corrected chi connectivity index (χ1v) is 8.67. The zero-order valence-corrected chi connectivity index (χ0v) is 15.2. The van der Waals surface area contributed by atoms with Gasteiger partial charge in [-0.25, -0.2) is 0 Å². The van der Waals surface area contributed by atoms with E-state index in [0.717, 1.165) is 18.8 Å². The molecule has 1 unspecified atom stereocenters. The molecule has 0 bridgehead atoms. The fourth-order valence-electron chi connectivity index (χ4n) is 2.87. The summed E-state index contributed by atoms with van der Waals surface area (Å²) in [6, 6.07) is 7.37. The minimum Gasteiger partial charge on any atom is -0.491 e. The van der Waals surface area contributed by atoms with Crippen LogP contribution in [0, 0.1) is 0 Å². The minimum atomic E-state index is -0.532. The molecule has 0 N–H and O–H groups in total. The van der Waals surface area contributed by atoms with E-state index in [1.807, 2.05) is 52.0 Å². The molecule has 1 aliphatic heterocycles. The summed E-state index contributed by atoms with van der Waals surface area (Å²) in [6.07, 6.45) is 0.0524. The number of carbonyl (C=O) groups is 1. The summed E-state index contributed by atoms with van der Waals surface area (Å²) in [7, 11) is 0. The van der Waals surface area contributed by atoms with E-state index in [0.29, 0.717) is 32.0 Å². The summed E-state index contributed by atoms with van der Waals surface area (Å²) in [5.74, 6) is 0.876. The molecule has 1 fully saturated rings. The molecule has 1 aromatic carbocycles. The Balaban J connectivity index is 1.97. The molecule has 5 nitrogen and oxygen atoms in total. The average Bonchev–Trinajstić information content (AvgIpc) is 2.61. The van der Waals surface area contributed by atoms with Crippen LogP contribution < -0.4 is 4.74 Å². The number of hydrogen-bond donors (Lipinski definition) is 0. The molecule has 0 saturated carbocycles. The number of ether oxygens (including phenoxy) is 3. The zero-order chi connectivity index (χ0) is 17.6. The van der Waals surface area contributed by atoms with Crippen LogP contribution in [0.25, 0.3) is 0 Å². The van der Waals surface area contributed by atoms with Crippen molar-refractivity contribution in [2.45, 2.75) is 39.3 Å². The highest BCUT2D eigenvalue weighted by Crippen LogP contribution is 2.23. The van der Waals surface area contributed by atoms with Crippen LogP contribution in [0.3, 0.4) is 0 Å². The van der Waals surface area contributed by atoms with Crippen LogP contribution in [0.2, 0.25) is 0 Å². The fraction of sp³-hybridized carbons (Fsp3) is 0.632. The number of carbonyl (C=O) groups excluding carboxylic acids is 1. The third-order valence-corrected chi connectivity index (χ3v) is 4.41. The van der Waals surface area contributed by atoms with Gasteiger partial charge in [0, 0.05) is 25.3 Å². The largest absolute Gasteiger partial charge is 0.491 e. The van der Waals surface area contributed by atoms with Crippen LogP contribution in [0.1, 0.15) is 38.1 Å². The predicted octanol–water partition coefficient (Wildman–Crippen LogP) is 2.78. The SMILES string of the molecule is CCOC(C)COc1ccc(C(=O)C(C)(C)N2CCOCC2)cc1. The highest BCUT2D eigenvalue weighted by atomic mass is 16.5. The van der Waals surface area contributed by atoms with E-state index < -0.39 is 5.54 Å². The maximum absolute atomic E-state index is 12.9. The molecule has 1 aliphatic rings. The number of hydrogen-bond acceptors (Lipinski definition) is 5. The van der Waals surface area contributed by atoms with Gasteiger partial charge in [0.05, 0.1) is 24.9 Å². The van der Waals surface area contributed by atoms with Crippen LogP contribution >= 0.6 is 0 Å². The Kier molecular flexibility index (Phi) is 6.78. The second kappa shape index (κ2) is 8.60. The third-order valence-electron chi connectivity index (χ3n) is 4.41. The summed E-state index contributed by atoms with van der Waals surface area (Å²) in [5.41, 5.74) is 0.173. The maximum Gasteiger partial charge on any atom is 0.182 e. The van der Waals surface area contributed by atoms with Crippen molar-refractivity contribution in [2.24, 2.45) is 0 Å². The Morgan fingerprint density at radius 3 is 2.46 bits per heavy atom. The van der Waals surface area contributed by atoms with Gasteiger partial charge in [0.1, 0.15) is 12.4 Å². The number of nitrogens with zero attached hydrogens (tertiary/aromatic N) is 1. The average molecular weight is 335 g/mol. The van der Waals surface area contributed by atoms with Crippen molar-refractivity contribution >= 4 is 5.78 Å². The van der Waals surface area contributed by atoms with Gasteiger partial charge in [-0.15, -0.1) is 0 Å². The van der Waals surface area contributed by atoms with Crippen LogP contribution in [-0.2, 0) is 9.47 Å². The number of morpholine rings is 1. The van der Waals surface area contributed by atoms with Crippen molar-refractivity contribution in [1.29, 1.82) is 0 Å². The molecule has 24 heavy (non-hydrogen) atoms. The number of ketones is 1. The van der Waals surface area contributed by atoms with Gasteiger partial charge >= 0.3 is 0 Å². The monoisotopic (exact) mass is 335 g/mol. The molecular formula is C19H29NO4. The van der Waals surface area contributed by atoms with E-state index in [-0.39, 0.29) is 11.9 Å². The Hall–Kier alpha value is -1.43. The van der Waals surface area contributed by atoms with Crippen LogP contribution in [0.5, 0.6) is 5.75 Å². The normalized spacial score (nSPS) is 17.5. The van der Waals surface area contributed by atoms with Crippen molar-refractivity contribution in [3.8, 4) is 5.75 Å². The quantitative estimate of drug-likeness (QED) is 0.684. The molecule has 0 aromatic heterocycles. The molecule has 2 rings (SSSR count). The van der Waals surface area contributed by atoms with E-state index in [2.05, 4.69) is 4.90 Å². The van der Waals surface area contributed by atoms with Crippen LogP contribution in [0.15, 0.2) is 24.3 Å². The van der Waals surface area contributed by atoms with Crippen molar-refractivity contribution in [1.82, 2.24) is 4.90 Å². The lowest BCUT2D eigenvalue weighted by Crippen LogP contribution is -2.54. The minimum absolute atomic E-state index is 0.0524. The molecule has 1 saturated heterocycles. The first-order chi connectivity index (χ1) is 11.4. The Bertz CT molecular complexity index is 521. The highest BCUT2D eigenvalue weighted by molar-refractivity contribution is 6.02. The van der Waals surface area contributed by atoms with Crippen molar-refractivity contribution in [3.63, 3.8) is 0 Å². The van der Waals surface area contributed by atoms with E-state index in [9.17, 15) is 4.79 Å². The van der Waals surface area contributed by atoms with Gasteiger partial charge in [0.2, 0.25) is 0 Å². The van der Waals surface area contributed by atoms with E-state index in [4.69, 9.17) is 14.2 Å². The molecule has 134 valence electrons. The molecule has 5 heteroatoms. The lowest BCUT2D eigenvalue weighted by molar-refractivity contribution is -0.00430. The molecule has 0 amide bonds. The number of Topliss-reactive ketones (excluding diaryl/α,β-unsaturated/α-hetero) is 1. The Labute approximate surface area is 144 Å². The lowest BCUT2D eigenvalue weighted by Gasteiger charge is -2.39. The molecular weight excluding hydrogens is 306 g/mol. The van der Waals surface area contributed by atoms with Gasteiger partial charge in [-0.2, -0.15) is 0 Å². The fourth-order valence-corrected chi connectivity index (χ4v) is 2.87. The summed E-state index contributed by atoms with van der Waals surface area (Å²) < 4.78 is 16.5. The maximum atomic E-state index is 12.9. The van der Waals surface area contributed by atoms with Crippen molar-refractivity contribution in [2.75, 3.05) is 39.5 Å². The third kappa shape index (κ3) is 4.79. The number of benzene rings is 1. The summed E-state index contributed by atoms with van der Waals surface area (Å²) in [5, 5.41) is 0. The molecule has 0 radical (unpaired) electrons. The van der Waals surface area contributed by atoms with E-state index in [1.165, 1.54) is 0 Å². The lowest BCUT2D eigenvalue weighted by atomic mass is 9.91. The molecule has 1 heterocycles. The van der Waals surface area contributed by atoms with Crippen LogP contribution in [0.4, 0.5) is 0 Å². The van der Waals surface area contributed by atoms with Gasteiger partial charge in [0.25, 0.3) is 0 Å². The van der Waals surface area contributed by atoms with Gasteiger partial charge < -0.3 is 14.2 Å². The Morgan fingerprint density at radius 1 is 1.25 bits per heavy atom. The summed E-state index contributed by atoms with van der Waals surface area (Å²) >= 11 is 0. The van der Waals surface area contributed by atoms with Crippen LogP contribution in [-0.4, -0.2) is 61.8 Å². The zero-order valence-electron chi connectivity index (χ0n) is 15.2. The topological polar surface area (TPSA) is 48.0 Å². The van der Waals surface area contributed by atoms with Crippen molar-refractivity contribution < 1.29 is 19.0 Å². The second-order valence-electron chi connectivity index (χ2n) is 6.59. The van der Waals surface area contributed by atoms with Gasteiger partial charge in [-0.1, -0.05) is 0 Å². The van der Waals surface area contributed by atoms with E-state index >= 15 is 0 Å². The summed E-state index contributed by atoms with van der Waals surface area (Å²) in [6.45, 7) is 12.0. The highest BCUT2D eigenvalue weighted by Gasteiger charge is 2.35. The molecule has 1 aromatic rings. The standard InChI is InChI=1S/C19H29NO4/c1-5-23-15(2)14-24-17-8-6-16(7-9-17)18(21)19(3,4)20-10-12-22-13-11-20/h6-9,15H,5,10-14H2,1-4H3.